The maximum Gasteiger partial charge on any atom is 0.257 e. The fourth-order valence-electron chi connectivity index (χ4n) is 1.66. The summed E-state index contributed by atoms with van der Waals surface area (Å²) in [5, 5.41) is 1.60. The third kappa shape index (κ3) is 2.60. The summed E-state index contributed by atoms with van der Waals surface area (Å²) in [7, 11) is 0. The first kappa shape index (κ1) is 14.0. The molecule has 0 aliphatic heterocycles. The summed E-state index contributed by atoms with van der Waals surface area (Å²) in [6.45, 7) is 3.74. The highest BCUT2D eigenvalue weighted by molar-refractivity contribution is 6.30. The number of hydrogen-bond acceptors (Lipinski definition) is 3. The molecule has 2 heterocycles. The average molecular weight is 274 g/mol. The topological polar surface area (TPSA) is 71.8 Å². The van der Waals surface area contributed by atoms with Crippen LogP contribution in [0.3, 0.4) is 0 Å². The van der Waals surface area contributed by atoms with Crippen molar-refractivity contribution in [2.75, 3.05) is 0 Å². The Kier molecular flexibility index (Phi) is 3.81. The van der Waals surface area contributed by atoms with Crippen LogP contribution < -0.4 is 11.3 Å². The Balaban J connectivity index is 0.00000144. The Hall–Kier alpha value is -1.10. The van der Waals surface area contributed by atoms with Crippen LogP contribution in [0.15, 0.2) is 23.3 Å². The standard InChI is InChI=1S/C11H12ClN3O.ClH/c1-11(2,13)8-5-15-10(16)7-4-14-9(12)3-6(7)8;/h3-5H,13H2,1-2H3,(H,15,16);1H. The molecule has 2 aromatic heterocycles. The lowest BCUT2D eigenvalue weighted by Crippen LogP contribution is -2.30. The van der Waals surface area contributed by atoms with Crippen molar-refractivity contribution in [2.45, 2.75) is 19.4 Å². The van der Waals surface area contributed by atoms with E-state index in [1.807, 2.05) is 13.8 Å². The van der Waals surface area contributed by atoms with Gasteiger partial charge in [0.15, 0.2) is 0 Å². The van der Waals surface area contributed by atoms with Crippen LogP contribution in [0.25, 0.3) is 10.8 Å². The molecule has 0 saturated carbocycles. The van der Waals surface area contributed by atoms with Gasteiger partial charge in [0.05, 0.1) is 5.39 Å². The molecule has 0 fully saturated rings. The maximum absolute atomic E-state index is 11.6. The van der Waals surface area contributed by atoms with E-state index in [1.54, 1.807) is 12.3 Å². The number of hydrogen-bond donors (Lipinski definition) is 2. The van der Waals surface area contributed by atoms with Gasteiger partial charge in [-0.1, -0.05) is 11.6 Å². The number of nitrogens with zero attached hydrogens (tertiary/aromatic N) is 1. The van der Waals surface area contributed by atoms with E-state index in [9.17, 15) is 4.79 Å². The minimum absolute atomic E-state index is 0. The highest BCUT2D eigenvalue weighted by Crippen LogP contribution is 2.25. The van der Waals surface area contributed by atoms with Crippen molar-refractivity contribution in [3.8, 4) is 0 Å². The Morgan fingerprint density at radius 3 is 2.65 bits per heavy atom. The van der Waals surface area contributed by atoms with Gasteiger partial charge in [0.1, 0.15) is 5.15 Å². The van der Waals surface area contributed by atoms with Crippen LogP contribution in [0.1, 0.15) is 19.4 Å². The molecule has 0 unspecified atom stereocenters. The van der Waals surface area contributed by atoms with Crippen LogP contribution in [0, 0.1) is 0 Å². The summed E-state index contributed by atoms with van der Waals surface area (Å²) in [4.78, 5) is 18.1. The number of H-pyrrole nitrogens is 1. The molecule has 0 aliphatic carbocycles. The summed E-state index contributed by atoms with van der Waals surface area (Å²) in [6.07, 6.45) is 3.09. The molecule has 0 saturated heterocycles. The van der Waals surface area contributed by atoms with Crippen LogP contribution in [-0.4, -0.2) is 9.97 Å². The molecule has 0 amide bonds. The van der Waals surface area contributed by atoms with Gasteiger partial charge in [-0.3, -0.25) is 4.79 Å². The number of nitrogens with two attached hydrogens (primary N) is 1. The SMILES string of the molecule is CC(C)(N)c1c[nH]c(=O)c2cnc(Cl)cc12.Cl. The second-order valence-electron chi connectivity index (χ2n) is 4.31. The molecule has 0 atom stereocenters. The van der Waals surface area contributed by atoms with Crippen molar-refractivity contribution in [1.82, 2.24) is 9.97 Å². The predicted octanol–water partition coefficient (Wildman–Crippen LogP) is 2.19. The Morgan fingerprint density at radius 2 is 2.06 bits per heavy atom. The zero-order chi connectivity index (χ0) is 11.9. The number of aromatic nitrogens is 2. The van der Waals surface area contributed by atoms with E-state index in [0.717, 1.165) is 10.9 Å². The van der Waals surface area contributed by atoms with Crippen LogP contribution in [0.2, 0.25) is 5.15 Å². The van der Waals surface area contributed by atoms with Gasteiger partial charge in [-0.25, -0.2) is 4.98 Å². The molecule has 2 aromatic rings. The summed E-state index contributed by atoms with van der Waals surface area (Å²) >= 11 is 5.83. The molecule has 17 heavy (non-hydrogen) atoms. The highest BCUT2D eigenvalue weighted by Gasteiger charge is 2.18. The minimum Gasteiger partial charge on any atom is -0.328 e. The molecular formula is C11H13Cl2N3O. The van der Waals surface area contributed by atoms with Crippen molar-refractivity contribution < 1.29 is 0 Å². The van der Waals surface area contributed by atoms with Gasteiger partial charge in [-0.05, 0) is 30.9 Å². The molecule has 0 aliphatic rings. The molecule has 0 spiro atoms. The Bertz CT molecular complexity index is 602. The molecule has 0 aromatic carbocycles. The first-order valence-electron chi connectivity index (χ1n) is 4.86. The van der Waals surface area contributed by atoms with Crippen molar-refractivity contribution in [3.63, 3.8) is 0 Å². The normalized spacial score (nSPS) is 11.3. The maximum atomic E-state index is 11.6. The van der Waals surface area contributed by atoms with Crippen molar-refractivity contribution in [2.24, 2.45) is 5.73 Å². The fourth-order valence-corrected chi connectivity index (χ4v) is 1.82. The van der Waals surface area contributed by atoms with Crippen molar-refractivity contribution in [1.29, 1.82) is 0 Å². The zero-order valence-corrected chi connectivity index (χ0v) is 11.0. The van der Waals surface area contributed by atoms with Gasteiger partial charge in [-0.15, -0.1) is 12.4 Å². The molecule has 92 valence electrons. The molecule has 3 N–H and O–H groups in total. The van der Waals surface area contributed by atoms with Crippen LogP contribution >= 0.6 is 24.0 Å². The third-order valence-electron chi connectivity index (χ3n) is 2.45. The average Bonchev–Trinajstić information content (AvgIpc) is 2.15. The first-order valence-corrected chi connectivity index (χ1v) is 5.23. The highest BCUT2D eigenvalue weighted by atomic mass is 35.5. The zero-order valence-electron chi connectivity index (χ0n) is 9.45. The van der Waals surface area contributed by atoms with E-state index in [2.05, 4.69) is 9.97 Å². The largest absolute Gasteiger partial charge is 0.328 e. The second-order valence-corrected chi connectivity index (χ2v) is 4.69. The molecule has 0 bridgehead atoms. The molecule has 6 heteroatoms. The summed E-state index contributed by atoms with van der Waals surface area (Å²) in [5.74, 6) is 0. The predicted molar refractivity (Wildman–Crippen MR) is 71.8 cm³/mol. The van der Waals surface area contributed by atoms with Gasteiger partial charge in [0.2, 0.25) is 0 Å². The van der Waals surface area contributed by atoms with E-state index in [0.29, 0.717) is 10.5 Å². The summed E-state index contributed by atoms with van der Waals surface area (Å²) < 4.78 is 0. The van der Waals surface area contributed by atoms with Gasteiger partial charge in [0.25, 0.3) is 5.56 Å². The lowest BCUT2D eigenvalue weighted by Gasteiger charge is -2.20. The molecular weight excluding hydrogens is 261 g/mol. The lowest BCUT2D eigenvalue weighted by molar-refractivity contribution is 0.557. The molecule has 0 radical (unpaired) electrons. The van der Waals surface area contributed by atoms with Crippen molar-refractivity contribution in [3.05, 3.63) is 39.5 Å². The number of aromatic amines is 1. The smallest absolute Gasteiger partial charge is 0.257 e. The number of nitrogens with one attached hydrogen (secondary N) is 1. The van der Waals surface area contributed by atoms with Gasteiger partial charge >= 0.3 is 0 Å². The van der Waals surface area contributed by atoms with Crippen LogP contribution in [0.5, 0.6) is 0 Å². The number of rotatable bonds is 1. The van der Waals surface area contributed by atoms with E-state index in [1.165, 1.54) is 6.20 Å². The molecule has 4 nitrogen and oxygen atoms in total. The molecule has 2 rings (SSSR count). The Morgan fingerprint density at radius 1 is 1.41 bits per heavy atom. The first-order chi connectivity index (χ1) is 7.39. The van der Waals surface area contributed by atoms with Gasteiger partial charge in [-0.2, -0.15) is 0 Å². The quantitative estimate of drug-likeness (QED) is 0.783. The summed E-state index contributed by atoms with van der Waals surface area (Å²) in [5.41, 5.74) is 6.14. The lowest BCUT2D eigenvalue weighted by atomic mass is 9.93. The number of fused-ring (bicyclic) bond motifs is 1. The monoisotopic (exact) mass is 273 g/mol. The summed E-state index contributed by atoms with van der Waals surface area (Å²) in [6, 6.07) is 1.66. The Labute approximate surface area is 110 Å². The number of pyridine rings is 2. The number of halogens is 2. The minimum atomic E-state index is -0.548. The van der Waals surface area contributed by atoms with Gasteiger partial charge in [0, 0.05) is 17.9 Å². The van der Waals surface area contributed by atoms with Crippen molar-refractivity contribution >= 4 is 34.8 Å². The van der Waals surface area contributed by atoms with E-state index < -0.39 is 5.54 Å². The van der Waals surface area contributed by atoms with Crippen LogP contribution in [0.4, 0.5) is 0 Å². The van der Waals surface area contributed by atoms with E-state index in [-0.39, 0.29) is 18.0 Å². The van der Waals surface area contributed by atoms with Crippen LogP contribution in [-0.2, 0) is 5.54 Å². The second kappa shape index (κ2) is 4.64. The third-order valence-corrected chi connectivity index (χ3v) is 2.65. The van der Waals surface area contributed by atoms with E-state index in [4.69, 9.17) is 17.3 Å². The van der Waals surface area contributed by atoms with Gasteiger partial charge < -0.3 is 10.7 Å². The van der Waals surface area contributed by atoms with E-state index >= 15 is 0 Å². The fraction of sp³-hybridized carbons (Fsp3) is 0.273.